The van der Waals surface area contributed by atoms with E-state index < -0.39 is 27.9 Å². The fraction of sp³-hybridized carbons (Fsp3) is 0.609. The molecule has 2 aromatic rings. The third kappa shape index (κ3) is 8.61. The van der Waals surface area contributed by atoms with Gasteiger partial charge in [0.15, 0.2) is 5.75 Å². The minimum Gasteiger partial charge on any atom is -0.457 e. The summed E-state index contributed by atoms with van der Waals surface area (Å²) in [5.41, 5.74) is 1.54. The third-order valence-corrected chi connectivity index (χ3v) is 7.80. The largest absolute Gasteiger partial charge is 0.457 e. The maximum absolute atomic E-state index is 12.9. The summed E-state index contributed by atoms with van der Waals surface area (Å²) in [6.45, 7) is 7.19. The van der Waals surface area contributed by atoms with E-state index in [4.69, 9.17) is 4.74 Å². The highest BCUT2D eigenvalue weighted by Gasteiger charge is 2.35. The predicted molar refractivity (Wildman–Crippen MR) is 139 cm³/mol. The number of benzene rings is 1. The van der Waals surface area contributed by atoms with Crippen LogP contribution in [0.2, 0.25) is 0 Å². The van der Waals surface area contributed by atoms with Gasteiger partial charge in [-0.2, -0.15) is 13.2 Å². The molecule has 0 amide bonds. The molecule has 1 atom stereocenters. The van der Waals surface area contributed by atoms with Gasteiger partial charge < -0.3 is 9.64 Å². The lowest BCUT2D eigenvalue weighted by Crippen LogP contribution is -2.31. The summed E-state index contributed by atoms with van der Waals surface area (Å²) in [6, 6.07) is 3.13. The molecule has 0 fully saturated rings. The first-order valence-electron chi connectivity index (χ1n) is 12.4. The van der Waals surface area contributed by atoms with Crippen LogP contribution in [0.5, 0.6) is 0 Å². The van der Waals surface area contributed by atoms with Gasteiger partial charge in [-0.1, -0.05) is 38.0 Å². The Kier molecular flexibility index (Phi) is 10.0. The molecule has 0 spiro atoms. The molecule has 1 aromatic heterocycles. The number of aryl methyl sites for hydroxylation is 1. The Balaban J connectivity index is 1.93. The molecule has 210 valence electrons. The van der Waals surface area contributed by atoms with Crippen molar-refractivity contribution in [2.75, 3.05) is 28.5 Å². The molecule has 0 saturated heterocycles. The molecule has 1 aliphatic heterocycles. The number of anilines is 2. The van der Waals surface area contributed by atoms with Crippen LogP contribution in [0.3, 0.4) is 0 Å². The molecule has 0 saturated carbocycles. The zero-order valence-corrected chi connectivity index (χ0v) is 23.0. The number of carbonyl (C=O) groups is 1. The fourth-order valence-electron chi connectivity index (χ4n) is 3.82. The van der Waals surface area contributed by atoms with E-state index in [0.717, 1.165) is 61.4 Å². The molecule has 0 aliphatic carbocycles. The third-order valence-electron chi connectivity index (χ3n) is 5.78. The molecule has 0 bridgehead atoms. The number of sulfonamides is 1. The summed E-state index contributed by atoms with van der Waals surface area (Å²) in [5, 5.41) is 15.6. The second-order valence-corrected chi connectivity index (χ2v) is 11.7. The Morgan fingerprint density at radius 2 is 2.00 bits per heavy atom. The van der Waals surface area contributed by atoms with Gasteiger partial charge in [-0.25, -0.2) is 13.2 Å². The van der Waals surface area contributed by atoms with E-state index in [2.05, 4.69) is 32.2 Å². The molecular formula is C23H31F3N6O4S2. The average Bonchev–Trinajstić information content (AvgIpc) is 3.30. The number of hydrogen-bond donors (Lipinski definition) is 1. The lowest BCUT2D eigenvalue weighted by molar-refractivity contribution is -0.106. The van der Waals surface area contributed by atoms with Gasteiger partial charge in [-0.15, -0.1) is 20.4 Å². The summed E-state index contributed by atoms with van der Waals surface area (Å²) in [4.78, 5) is 14.3. The maximum Gasteiger partial charge on any atom is 0.404 e. The number of ether oxygens (including phenoxy) is 1. The highest BCUT2D eigenvalue weighted by atomic mass is 32.2. The lowest BCUT2D eigenvalue weighted by Gasteiger charge is -2.32. The summed E-state index contributed by atoms with van der Waals surface area (Å²) in [7, 11) is -4.77. The van der Waals surface area contributed by atoms with Crippen molar-refractivity contribution in [3.8, 4) is 0 Å². The number of carbonyl (C=O) groups excluding carboxylic acids is 1. The fourth-order valence-corrected chi connectivity index (χ4v) is 5.37. The van der Waals surface area contributed by atoms with Crippen molar-refractivity contribution in [1.82, 2.24) is 10.2 Å². The van der Waals surface area contributed by atoms with E-state index in [1.165, 1.54) is 6.07 Å². The van der Waals surface area contributed by atoms with Crippen LogP contribution in [-0.2, 0) is 21.2 Å². The number of hydrogen-bond acceptors (Lipinski definition) is 10. The number of halogens is 3. The van der Waals surface area contributed by atoms with Gasteiger partial charge in [-0.05, 0) is 50.3 Å². The maximum atomic E-state index is 12.9. The topological polar surface area (TPSA) is 126 Å². The van der Waals surface area contributed by atoms with Gasteiger partial charge >= 0.3 is 12.1 Å². The van der Waals surface area contributed by atoms with Crippen LogP contribution in [0.15, 0.2) is 22.4 Å². The first-order valence-corrected chi connectivity index (χ1v) is 14.8. The summed E-state index contributed by atoms with van der Waals surface area (Å²) < 4.78 is 70.5. The Labute approximate surface area is 223 Å². The number of alkyl halides is 3. The summed E-state index contributed by atoms with van der Waals surface area (Å²) in [6.07, 6.45) is -0.0382. The molecule has 1 N–H and O–H groups in total. The molecule has 1 aromatic carbocycles. The number of esters is 1. The van der Waals surface area contributed by atoms with Crippen LogP contribution in [0, 0.1) is 0 Å². The number of unbranched alkanes of at least 4 members (excludes halogenated alkanes) is 2. The number of azo groups is 1. The van der Waals surface area contributed by atoms with E-state index in [1.54, 1.807) is 13.0 Å². The molecular weight excluding hydrogens is 545 g/mol. The van der Waals surface area contributed by atoms with E-state index in [-0.39, 0.29) is 27.6 Å². The SMILES string of the molecule is CCCCCN1CCCc2cc(N=Nc3nnc(C(=O)OC(C)CC)s3)c(NS(=O)(=O)CC(F)(F)F)cc21. The normalized spacial score (nSPS) is 14.9. The predicted octanol–water partition coefficient (Wildman–Crippen LogP) is 6.16. The minimum atomic E-state index is -4.92. The van der Waals surface area contributed by atoms with Crippen molar-refractivity contribution in [3.63, 3.8) is 0 Å². The van der Waals surface area contributed by atoms with Crippen LogP contribution in [0.25, 0.3) is 0 Å². The van der Waals surface area contributed by atoms with Crippen LogP contribution in [0.1, 0.15) is 68.2 Å². The number of fused-ring (bicyclic) bond motifs is 1. The molecule has 1 aliphatic rings. The molecule has 15 heteroatoms. The Bertz CT molecular complexity index is 1250. The van der Waals surface area contributed by atoms with Gasteiger partial charge in [0, 0.05) is 18.8 Å². The second-order valence-electron chi connectivity index (χ2n) is 8.99. The van der Waals surface area contributed by atoms with E-state index in [0.29, 0.717) is 12.8 Å². The number of nitrogens with zero attached hydrogens (tertiary/aromatic N) is 5. The number of rotatable bonds is 12. The number of aromatic nitrogens is 2. The molecule has 38 heavy (non-hydrogen) atoms. The van der Waals surface area contributed by atoms with Gasteiger partial charge in [0.1, 0.15) is 5.69 Å². The number of nitrogens with one attached hydrogen (secondary N) is 1. The Morgan fingerprint density at radius 1 is 1.24 bits per heavy atom. The van der Waals surface area contributed by atoms with Crippen molar-refractivity contribution in [1.29, 1.82) is 0 Å². The molecule has 2 heterocycles. The van der Waals surface area contributed by atoms with Crippen LogP contribution >= 0.6 is 11.3 Å². The monoisotopic (exact) mass is 576 g/mol. The molecule has 3 rings (SSSR count). The Hall–Kier alpha value is -2.81. The lowest BCUT2D eigenvalue weighted by atomic mass is 9.99. The van der Waals surface area contributed by atoms with Crippen molar-refractivity contribution >= 4 is 49.5 Å². The molecule has 1 unspecified atom stereocenters. The van der Waals surface area contributed by atoms with Crippen molar-refractivity contribution in [2.45, 2.75) is 71.6 Å². The van der Waals surface area contributed by atoms with E-state index >= 15 is 0 Å². The molecule has 10 nitrogen and oxygen atoms in total. The first-order chi connectivity index (χ1) is 17.9. The summed E-state index contributed by atoms with van der Waals surface area (Å²) >= 11 is 0.827. The second kappa shape index (κ2) is 12.8. The summed E-state index contributed by atoms with van der Waals surface area (Å²) in [5.74, 6) is -2.69. The van der Waals surface area contributed by atoms with Crippen molar-refractivity contribution in [3.05, 3.63) is 22.7 Å². The van der Waals surface area contributed by atoms with Crippen molar-refractivity contribution in [2.24, 2.45) is 10.2 Å². The molecule has 0 radical (unpaired) electrons. The van der Waals surface area contributed by atoms with Gasteiger partial charge in [0.25, 0.3) is 5.13 Å². The van der Waals surface area contributed by atoms with E-state index in [1.807, 2.05) is 11.6 Å². The van der Waals surface area contributed by atoms with Gasteiger partial charge in [0.2, 0.25) is 15.0 Å². The smallest absolute Gasteiger partial charge is 0.404 e. The van der Waals surface area contributed by atoms with Crippen LogP contribution in [-0.4, -0.2) is 55.7 Å². The standard InChI is InChI=1S/C23H31F3N6O4S2/c1-4-6-7-10-32-11-8-9-16-12-17(18(13-19(16)32)31-38(34,35)14-23(24,25)26)27-29-22-30-28-20(37-22)21(33)36-15(3)5-2/h12-13,15,31H,4-11,14H2,1-3H3. The quantitative estimate of drug-likeness (QED) is 0.182. The van der Waals surface area contributed by atoms with E-state index in [9.17, 15) is 26.4 Å². The highest BCUT2D eigenvalue weighted by Crippen LogP contribution is 2.39. The van der Waals surface area contributed by atoms with Crippen LogP contribution < -0.4 is 9.62 Å². The van der Waals surface area contributed by atoms with Gasteiger partial charge in [0.05, 0.1) is 11.8 Å². The Morgan fingerprint density at radius 3 is 2.68 bits per heavy atom. The average molecular weight is 577 g/mol. The van der Waals surface area contributed by atoms with Crippen molar-refractivity contribution < 1.29 is 31.1 Å². The minimum absolute atomic E-state index is 0.00381. The van der Waals surface area contributed by atoms with Gasteiger partial charge in [-0.3, -0.25) is 4.72 Å². The highest BCUT2D eigenvalue weighted by molar-refractivity contribution is 7.92. The van der Waals surface area contributed by atoms with Crippen LogP contribution in [0.4, 0.5) is 35.4 Å². The first kappa shape index (κ1) is 29.7. The zero-order chi connectivity index (χ0) is 27.9. The zero-order valence-electron chi connectivity index (χ0n) is 21.4.